The van der Waals surface area contributed by atoms with Gasteiger partial charge < -0.3 is 10.5 Å². The smallest absolute Gasteiger partial charge is 0.119 e. The van der Waals surface area contributed by atoms with Crippen molar-refractivity contribution in [2.45, 2.75) is 32.1 Å². The van der Waals surface area contributed by atoms with Crippen LogP contribution in [0.4, 0.5) is 0 Å². The van der Waals surface area contributed by atoms with E-state index in [0.717, 1.165) is 31.7 Å². The summed E-state index contributed by atoms with van der Waals surface area (Å²) in [5.41, 5.74) is 8.41. The molecule has 82 valence electrons. The van der Waals surface area contributed by atoms with Gasteiger partial charge in [0.15, 0.2) is 0 Å². The summed E-state index contributed by atoms with van der Waals surface area (Å²) in [5.74, 6) is 1.02. The molecular weight excluding hydrogens is 186 g/mol. The number of ether oxygens (including phenoxy) is 1. The van der Waals surface area contributed by atoms with Crippen LogP contribution >= 0.6 is 0 Å². The summed E-state index contributed by atoms with van der Waals surface area (Å²) in [4.78, 5) is 0. The van der Waals surface area contributed by atoms with Gasteiger partial charge in [0.25, 0.3) is 0 Å². The number of hydrogen-bond acceptors (Lipinski definition) is 2. The Labute approximate surface area is 91.4 Å². The Morgan fingerprint density at radius 3 is 2.87 bits per heavy atom. The Kier molecular flexibility index (Phi) is 3.62. The minimum Gasteiger partial charge on any atom is -0.494 e. The SMILES string of the molecule is NCCCCOc1ccc2c(c1)CCC2. The van der Waals surface area contributed by atoms with Crippen LogP contribution < -0.4 is 10.5 Å². The quantitative estimate of drug-likeness (QED) is 0.748. The van der Waals surface area contributed by atoms with Crippen LogP contribution in [0.5, 0.6) is 5.75 Å². The molecule has 0 radical (unpaired) electrons. The molecule has 0 saturated heterocycles. The van der Waals surface area contributed by atoms with E-state index in [0.29, 0.717) is 0 Å². The number of benzene rings is 1. The maximum atomic E-state index is 5.68. The third-order valence-corrected chi connectivity index (χ3v) is 2.94. The van der Waals surface area contributed by atoms with E-state index in [2.05, 4.69) is 18.2 Å². The number of nitrogens with two attached hydrogens (primary N) is 1. The Hall–Kier alpha value is -1.02. The summed E-state index contributed by atoms with van der Waals surface area (Å²) in [7, 11) is 0. The lowest BCUT2D eigenvalue weighted by atomic mass is 10.1. The van der Waals surface area contributed by atoms with Crippen LogP contribution in [0.25, 0.3) is 0 Å². The standard InChI is InChI=1S/C13H19NO/c14-8-1-2-9-15-13-7-6-11-4-3-5-12(11)10-13/h6-7,10H,1-5,8-9,14H2. The van der Waals surface area contributed by atoms with E-state index >= 15 is 0 Å². The molecule has 0 heterocycles. The highest BCUT2D eigenvalue weighted by Gasteiger charge is 2.10. The van der Waals surface area contributed by atoms with Gasteiger partial charge in [0.1, 0.15) is 5.75 Å². The van der Waals surface area contributed by atoms with Crippen LogP contribution in [0, 0.1) is 0 Å². The van der Waals surface area contributed by atoms with Crippen molar-refractivity contribution >= 4 is 0 Å². The van der Waals surface area contributed by atoms with E-state index in [4.69, 9.17) is 10.5 Å². The molecule has 2 N–H and O–H groups in total. The van der Waals surface area contributed by atoms with Crippen molar-refractivity contribution in [1.82, 2.24) is 0 Å². The highest BCUT2D eigenvalue weighted by molar-refractivity contribution is 5.38. The van der Waals surface area contributed by atoms with Crippen molar-refractivity contribution in [3.63, 3.8) is 0 Å². The molecule has 0 amide bonds. The van der Waals surface area contributed by atoms with Crippen LogP contribution in [-0.4, -0.2) is 13.2 Å². The molecule has 0 atom stereocenters. The number of aryl methyl sites for hydroxylation is 2. The number of fused-ring (bicyclic) bond motifs is 1. The normalized spacial score (nSPS) is 13.9. The fourth-order valence-corrected chi connectivity index (χ4v) is 2.07. The van der Waals surface area contributed by atoms with Crippen LogP contribution in [-0.2, 0) is 12.8 Å². The van der Waals surface area contributed by atoms with Crippen LogP contribution in [0.3, 0.4) is 0 Å². The second-order valence-corrected chi connectivity index (χ2v) is 4.13. The maximum Gasteiger partial charge on any atom is 0.119 e. The molecule has 0 bridgehead atoms. The summed E-state index contributed by atoms with van der Waals surface area (Å²) < 4.78 is 5.68. The molecule has 0 aliphatic heterocycles. The van der Waals surface area contributed by atoms with Gasteiger partial charge in [-0.2, -0.15) is 0 Å². The zero-order valence-electron chi connectivity index (χ0n) is 9.17. The summed E-state index contributed by atoms with van der Waals surface area (Å²) in [6, 6.07) is 6.50. The lowest BCUT2D eigenvalue weighted by molar-refractivity contribution is 0.307. The Morgan fingerprint density at radius 1 is 1.13 bits per heavy atom. The van der Waals surface area contributed by atoms with Crippen molar-refractivity contribution in [2.24, 2.45) is 5.73 Å². The maximum absolute atomic E-state index is 5.68. The zero-order valence-corrected chi connectivity index (χ0v) is 9.17. The third kappa shape index (κ3) is 2.72. The van der Waals surface area contributed by atoms with Crippen molar-refractivity contribution in [2.75, 3.05) is 13.2 Å². The van der Waals surface area contributed by atoms with E-state index in [1.54, 1.807) is 0 Å². The first kappa shape index (κ1) is 10.5. The summed E-state index contributed by atoms with van der Waals surface area (Å²) in [5, 5.41) is 0. The molecule has 2 rings (SSSR count). The van der Waals surface area contributed by atoms with E-state index < -0.39 is 0 Å². The van der Waals surface area contributed by atoms with Gasteiger partial charge in [-0.25, -0.2) is 0 Å². The topological polar surface area (TPSA) is 35.2 Å². The molecule has 2 nitrogen and oxygen atoms in total. The van der Waals surface area contributed by atoms with E-state index in [1.807, 2.05) is 0 Å². The molecule has 15 heavy (non-hydrogen) atoms. The Balaban J connectivity index is 1.87. The lowest BCUT2D eigenvalue weighted by Gasteiger charge is -2.07. The minimum absolute atomic E-state index is 0.757. The molecule has 0 spiro atoms. The first-order chi connectivity index (χ1) is 7.40. The zero-order chi connectivity index (χ0) is 10.5. The minimum atomic E-state index is 0.757. The lowest BCUT2D eigenvalue weighted by Crippen LogP contribution is -2.03. The number of rotatable bonds is 5. The van der Waals surface area contributed by atoms with Crippen molar-refractivity contribution in [1.29, 1.82) is 0 Å². The average molecular weight is 205 g/mol. The average Bonchev–Trinajstić information content (AvgIpc) is 2.71. The summed E-state index contributed by atoms with van der Waals surface area (Å²) in [6.07, 6.45) is 5.85. The second kappa shape index (κ2) is 5.17. The molecular formula is C13H19NO. The molecule has 0 unspecified atom stereocenters. The summed E-state index contributed by atoms with van der Waals surface area (Å²) in [6.45, 7) is 1.55. The first-order valence-electron chi connectivity index (χ1n) is 5.85. The molecule has 1 aliphatic rings. The third-order valence-electron chi connectivity index (χ3n) is 2.94. The van der Waals surface area contributed by atoms with Crippen LogP contribution in [0.1, 0.15) is 30.4 Å². The van der Waals surface area contributed by atoms with Crippen LogP contribution in [0.15, 0.2) is 18.2 Å². The van der Waals surface area contributed by atoms with Gasteiger partial charge in [-0.15, -0.1) is 0 Å². The second-order valence-electron chi connectivity index (χ2n) is 4.13. The van der Waals surface area contributed by atoms with Gasteiger partial charge in [0.2, 0.25) is 0 Å². The number of unbranched alkanes of at least 4 members (excludes halogenated alkanes) is 1. The van der Waals surface area contributed by atoms with Crippen molar-refractivity contribution < 1.29 is 4.74 Å². The molecule has 1 aromatic carbocycles. The fourth-order valence-electron chi connectivity index (χ4n) is 2.07. The van der Waals surface area contributed by atoms with Crippen LogP contribution in [0.2, 0.25) is 0 Å². The fraction of sp³-hybridized carbons (Fsp3) is 0.538. The molecule has 1 aromatic rings. The first-order valence-corrected chi connectivity index (χ1v) is 5.85. The molecule has 0 fully saturated rings. The molecule has 0 saturated carbocycles. The van der Waals surface area contributed by atoms with E-state index in [9.17, 15) is 0 Å². The van der Waals surface area contributed by atoms with Gasteiger partial charge in [0.05, 0.1) is 6.61 Å². The van der Waals surface area contributed by atoms with Gasteiger partial charge in [-0.3, -0.25) is 0 Å². The highest BCUT2D eigenvalue weighted by atomic mass is 16.5. The Bertz CT molecular complexity index is 322. The van der Waals surface area contributed by atoms with Crippen molar-refractivity contribution in [3.8, 4) is 5.75 Å². The largest absolute Gasteiger partial charge is 0.494 e. The van der Waals surface area contributed by atoms with Gasteiger partial charge >= 0.3 is 0 Å². The monoisotopic (exact) mass is 205 g/mol. The van der Waals surface area contributed by atoms with Gasteiger partial charge in [0, 0.05) is 0 Å². The molecule has 2 heteroatoms. The van der Waals surface area contributed by atoms with Gasteiger partial charge in [-0.05, 0) is 61.9 Å². The predicted molar refractivity (Wildman–Crippen MR) is 62.3 cm³/mol. The highest BCUT2D eigenvalue weighted by Crippen LogP contribution is 2.25. The molecule has 1 aliphatic carbocycles. The van der Waals surface area contributed by atoms with E-state index in [-0.39, 0.29) is 0 Å². The summed E-state index contributed by atoms with van der Waals surface area (Å²) >= 11 is 0. The number of hydrogen-bond donors (Lipinski definition) is 1. The van der Waals surface area contributed by atoms with Gasteiger partial charge in [-0.1, -0.05) is 6.07 Å². The van der Waals surface area contributed by atoms with Crippen molar-refractivity contribution in [3.05, 3.63) is 29.3 Å². The van der Waals surface area contributed by atoms with E-state index in [1.165, 1.54) is 30.4 Å². The Morgan fingerprint density at radius 2 is 2.00 bits per heavy atom. The predicted octanol–water partition coefficient (Wildman–Crippen LogP) is 2.29. The molecule has 0 aromatic heterocycles.